The number of ether oxygens (including phenoxy) is 1. The van der Waals surface area contributed by atoms with E-state index in [0.29, 0.717) is 12.2 Å². The van der Waals surface area contributed by atoms with Crippen molar-refractivity contribution in [1.82, 2.24) is 16.0 Å². The van der Waals surface area contributed by atoms with Gasteiger partial charge in [0.25, 0.3) is 0 Å². The van der Waals surface area contributed by atoms with Gasteiger partial charge in [-0.05, 0) is 25.3 Å². The van der Waals surface area contributed by atoms with Gasteiger partial charge in [-0.15, -0.1) is 0 Å². The third-order valence-electron chi connectivity index (χ3n) is 4.93. The quantitative estimate of drug-likeness (QED) is 0.246. The summed E-state index contributed by atoms with van der Waals surface area (Å²) in [6, 6.07) is -2.44. The molecule has 1 saturated heterocycles. The summed E-state index contributed by atoms with van der Waals surface area (Å²) < 4.78 is 5.43. The van der Waals surface area contributed by atoms with Crippen molar-refractivity contribution in [1.29, 1.82) is 0 Å². The first-order valence-electron chi connectivity index (χ1n) is 10.4. The summed E-state index contributed by atoms with van der Waals surface area (Å²) >= 11 is 0. The molecule has 9 nitrogen and oxygen atoms in total. The number of aliphatic hydroxyl groups excluding tert-OH is 1. The molecular weight excluding hydrogens is 442 g/mol. The highest BCUT2D eigenvalue weighted by atomic mass is 33.1. The predicted octanol–water partition coefficient (Wildman–Crippen LogP) is 0.525. The van der Waals surface area contributed by atoms with Crippen molar-refractivity contribution in [3.05, 3.63) is 12.2 Å². The monoisotopic (exact) mass is 473 g/mol. The summed E-state index contributed by atoms with van der Waals surface area (Å²) in [4.78, 5) is 50.4. The van der Waals surface area contributed by atoms with Gasteiger partial charge in [-0.1, -0.05) is 41.5 Å². The molecule has 2 bridgehead atoms. The van der Waals surface area contributed by atoms with E-state index < -0.39 is 54.0 Å². The Balaban J connectivity index is 2.41. The molecule has 0 aromatic carbocycles. The fourth-order valence-electron chi connectivity index (χ4n) is 3.20. The molecule has 31 heavy (non-hydrogen) atoms. The van der Waals surface area contributed by atoms with Gasteiger partial charge in [0, 0.05) is 11.5 Å². The molecule has 0 aliphatic carbocycles. The second-order valence-corrected chi connectivity index (χ2v) is 10.6. The summed E-state index contributed by atoms with van der Waals surface area (Å²) in [5, 5.41) is 18.7. The minimum atomic E-state index is -1.18. The number of carbonyl (C=O) groups excluding carboxylic acids is 4. The highest BCUT2D eigenvalue weighted by Gasteiger charge is 2.32. The van der Waals surface area contributed by atoms with E-state index in [2.05, 4.69) is 16.0 Å². The van der Waals surface area contributed by atoms with Crippen molar-refractivity contribution in [2.75, 3.05) is 11.5 Å². The van der Waals surface area contributed by atoms with E-state index in [1.165, 1.54) is 17.7 Å². The van der Waals surface area contributed by atoms with E-state index >= 15 is 0 Å². The molecule has 0 spiro atoms. The topological polar surface area (TPSA) is 134 Å². The molecule has 0 radical (unpaired) electrons. The predicted molar refractivity (Wildman–Crippen MR) is 120 cm³/mol. The van der Waals surface area contributed by atoms with Crippen molar-refractivity contribution in [3.8, 4) is 0 Å². The third kappa shape index (κ3) is 8.38. The van der Waals surface area contributed by atoms with Crippen LogP contribution < -0.4 is 16.0 Å². The van der Waals surface area contributed by atoms with Crippen LogP contribution in [0.2, 0.25) is 0 Å². The zero-order chi connectivity index (χ0) is 23.0. The van der Waals surface area contributed by atoms with Crippen LogP contribution in [0.25, 0.3) is 0 Å². The fraction of sp³-hybridized carbons (Fsp3) is 0.700. The number of fused-ring (bicyclic) bond motifs is 7. The van der Waals surface area contributed by atoms with Gasteiger partial charge in [-0.3, -0.25) is 19.2 Å². The van der Waals surface area contributed by atoms with Crippen molar-refractivity contribution in [3.63, 3.8) is 0 Å². The number of aliphatic hydroxyl groups is 1. The number of nitrogens with one attached hydrogen (secondary N) is 3. The molecule has 3 amide bonds. The van der Waals surface area contributed by atoms with Crippen molar-refractivity contribution in [2.45, 2.75) is 70.4 Å². The van der Waals surface area contributed by atoms with Gasteiger partial charge in [0.2, 0.25) is 17.7 Å². The van der Waals surface area contributed by atoms with E-state index in [9.17, 15) is 24.3 Å². The van der Waals surface area contributed by atoms with Crippen LogP contribution in [-0.2, 0) is 23.9 Å². The highest BCUT2D eigenvalue weighted by molar-refractivity contribution is 8.76. The summed E-state index contributed by atoms with van der Waals surface area (Å²) in [7, 11) is 3.02. The molecular formula is C20H31N3O6S2. The van der Waals surface area contributed by atoms with Gasteiger partial charge in [0.05, 0.1) is 25.0 Å². The molecule has 1 fully saturated rings. The maximum absolute atomic E-state index is 13.0. The van der Waals surface area contributed by atoms with E-state index in [1.807, 2.05) is 19.9 Å². The molecule has 2 rings (SSSR count). The molecule has 174 valence electrons. The third-order valence-corrected chi connectivity index (χ3v) is 7.37. The summed E-state index contributed by atoms with van der Waals surface area (Å²) in [5.74, 6) is -1.17. The first-order chi connectivity index (χ1) is 14.7. The van der Waals surface area contributed by atoms with E-state index in [4.69, 9.17) is 4.74 Å². The lowest BCUT2D eigenvalue weighted by molar-refractivity contribution is -0.151. The molecule has 0 saturated carbocycles. The first-order valence-corrected chi connectivity index (χ1v) is 12.8. The Morgan fingerprint density at radius 3 is 2.52 bits per heavy atom. The number of rotatable bonds is 1. The molecule has 5 unspecified atom stereocenters. The van der Waals surface area contributed by atoms with Crippen LogP contribution in [0.4, 0.5) is 0 Å². The van der Waals surface area contributed by atoms with Crippen LogP contribution in [0.1, 0.15) is 40.0 Å². The molecule has 11 heteroatoms. The number of esters is 1. The minimum absolute atomic E-state index is 0.147. The first kappa shape index (κ1) is 25.5. The summed E-state index contributed by atoms with van der Waals surface area (Å²) in [5.41, 5.74) is 0. The summed E-state index contributed by atoms with van der Waals surface area (Å²) in [6.07, 6.45) is 1.72. The van der Waals surface area contributed by atoms with E-state index in [-0.39, 0.29) is 18.8 Å². The number of amides is 3. The SMILES string of the molecule is CC1NC(=O)CC2C=CCCSSCC(NC1=O)C(=O)NC(C(C)C)C(O)CC(=O)O2. The van der Waals surface area contributed by atoms with E-state index in [1.54, 1.807) is 16.9 Å². The standard InChI is InChI=1S/C20H31N3O6S2/c1-11(2)18-15(24)9-17(26)29-13-6-4-5-7-30-31-10-14(20(28)23-18)22-19(27)12(3)21-16(25)8-13/h4,6,11-15,18,24H,5,7-10H2,1-3H3,(H,21,25)(H,22,27)(H,23,28). The Hall–Kier alpha value is -1.72. The summed E-state index contributed by atoms with van der Waals surface area (Å²) in [6.45, 7) is 5.17. The van der Waals surface area contributed by atoms with Gasteiger partial charge in [0.1, 0.15) is 18.2 Å². The highest BCUT2D eigenvalue weighted by Crippen LogP contribution is 2.24. The molecule has 0 aromatic rings. The van der Waals surface area contributed by atoms with Crippen LogP contribution in [0.5, 0.6) is 0 Å². The Labute approximate surface area is 190 Å². The van der Waals surface area contributed by atoms with Gasteiger partial charge in [0.15, 0.2) is 0 Å². The van der Waals surface area contributed by atoms with Gasteiger partial charge in [-0.25, -0.2) is 0 Å². The molecule has 4 N–H and O–H groups in total. The lowest BCUT2D eigenvalue weighted by Gasteiger charge is -2.29. The van der Waals surface area contributed by atoms with Crippen LogP contribution in [0.15, 0.2) is 12.2 Å². The van der Waals surface area contributed by atoms with Gasteiger partial charge >= 0.3 is 5.97 Å². The zero-order valence-electron chi connectivity index (χ0n) is 18.0. The fourth-order valence-corrected chi connectivity index (χ4v) is 5.36. The van der Waals surface area contributed by atoms with Crippen LogP contribution >= 0.6 is 21.6 Å². The lowest BCUT2D eigenvalue weighted by atomic mass is 9.96. The van der Waals surface area contributed by atoms with Crippen LogP contribution in [-0.4, -0.2) is 70.6 Å². The van der Waals surface area contributed by atoms with Crippen LogP contribution in [0, 0.1) is 5.92 Å². The van der Waals surface area contributed by atoms with Crippen molar-refractivity contribution in [2.24, 2.45) is 5.92 Å². The van der Waals surface area contributed by atoms with E-state index in [0.717, 1.165) is 5.75 Å². The molecule has 0 aromatic heterocycles. The van der Waals surface area contributed by atoms with Gasteiger partial charge in [-0.2, -0.15) is 0 Å². The maximum Gasteiger partial charge on any atom is 0.309 e. The Kier molecular flexibility index (Phi) is 10.2. The Morgan fingerprint density at radius 2 is 1.81 bits per heavy atom. The minimum Gasteiger partial charge on any atom is -0.457 e. The van der Waals surface area contributed by atoms with Crippen molar-refractivity contribution < 1.29 is 29.0 Å². The second kappa shape index (κ2) is 12.4. The van der Waals surface area contributed by atoms with Crippen LogP contribution in [0.3, 0.4) is 0 Å². The number of allylic oxidation sites excluding steroid dienone is 1. The number of hydrogen-bond donors (Lipinski definition) is 4. The largest absolute Gasteiger partial charge is 0.457 e. The van der Waals surface area contributed by atoms with Gasteiger partial charge < -0.3 is 25.8 Å². The average molecular weight is 474 g/mol. The zero-order valence-corrected chi connectivity index (χ0v) is 19.6. The Bertz CT molecular complexity index is 702. The smallest absolute Gasteiger partial charge is 0.309 e. The molecule has 2 heterocycles. The molecule has 2 aliphatic heterocycles. The van der Waals surface area contributed by atoms with Crippen molar-refractivity contribution >= 4 is 45.3 Å². The average Bonchev–Trinajstić information content (AvgIpc) is 2.68. The normalized spacial score (nSPS) is 32.1. The maximum atomic E-state index is 13.0. The molecule has 2 aliphatic rings. The second-order valence-electron chi connectivity index (χ2n) is 7.96. The number of hydrogen-bond acceptors (Lipinski definition) is 8. The molecule has 5 atom stereocenters. The lowest BCUT2D eigenvalue weighted by Crippen LogP contribution is -2.57. The Morgan fingerprint density at radius 1 is 1.06 bits per heavy atom. The number of carbonyl (C=O) groups is 4.